The summed E-state index contributed by atoms with van der Waals surface area (Å²) in [7, 11) is -0.556. The molecule has 0 bridgehead atoms. The lowest BCUT2D eigenvalue weighted by Crippen LogP contribution is -2.42. The predicted octanol–water partition coefficient (Wildman–Crippen LogP) is 3.54. The van der Waals surface area contributed by atoms with Gasteiger partial charge in [0, 0.05) is 49.5 Å². The predicted molar refractivity (Wildman–Crippen MR) is 120 cm³/mol. The standard InChI is InChI=1S/C20H23F3N6O3S2/c1-12-15(32-3)8-16(33-12)18-14(20(21,22)23)9-24-19(27-18)26-13-4-6-29(7-5-13)34(30,31)17-10-28(2)11-25-17/h8-11,13H,4-7H2,1-3H3,(H,24,26,27). The topological polar surface area (TPSA) is 102 Å². The van der Waals surface area contributed by atoms with Crippen LogP contribution < -0.4 is 10.1 Å². The van der Waals surface area contributed by atoms with E-state index in [4.69, 9.17) is 4.74 Å². The number of aromatic nitrogens is 4. The molecule has 1 aliphatic heterocycles. The fourth-order valence-electron chi connectivity index (χ4n) is 3.71. The molecule has 0 aromatic carbocycles. The van der Waals surface area contributed by atoms with E-state index in [9.17, 15) is 21.6 Å². The maximum absolute atomic E-state index is 13.6. The van der Waals surface area contributed by atoms with Crippen LogP contribution in [-0.4, -0.2) is 58.5 Å². The number of sulfonamides is 1. The highest BCUT2D eigenvalue weighted by Crippen LogP contribution is 2.41. The number of alkyl halides is 3. The van der Waals surface area contributed by atoms with E-state index in [0.717, 1.165) is 22.4 Å². The summed E-state index contributed by atoms with van der Waals surface area (Å²) in [6.45, 7) is 2.24. The molecule has 4 rings (SSSR count). The van der Waals surface area contributed by atoms with Gasteiger partial charge < -0.3 is 14.6 Å². The third kappa shape index (κ3) is 4.88. The van der Waals surface area contributed by atoms with E-state index in [1.807, 2.05) is 0 Å². The van der Waals surface area contributed by atoms with Gasteiger partial charge in [0.25, 0.3) is 10.0 Å². The van der Waals surface area contributed by atoms with Gasteiger partial charge in [0.15, 0.2) is 5.03 Å². The molecule has 1 saturated heterocycles. The van der Waals surface area contributed by atoms with Gasteiger partial charge in [-0.15, -0.1) is 11.3 Å². The van der Waals surface area contributed by atoms with Crippen molar-refractivity contribution in [1.29, 1.82) is 0 Å². The molecule has 0 spiro atoms. The van der Waals surface area contributed by atoms with Crippen molar-refractivity contribution in [3.63, 3.8) is 0 Å². The van der Waals surface area contributed by atoms with Crippen LogP contribution in [0.25, 0.3) is 10.6 Å². The van der Waals surface area contributed by atoms with Crippen molar-refractivity contribution in [2.45, 2.75) is 37.0 Å². The molecule has 9 nitrogen and oxygen atoms in total. The molecule has 1 N–H and O–H groups in total. The molecule has 0 saturated carbocycles. The minimum atomic E-state index is -4.62. The van der Waals surface area contributed by atoms with Crippen molar-refractivity contribution in [3.8, 4) is 16.3 Å². The van der Waals surface area contributed by atoms with Gasteiger partial charge in [-0.25, -0.2) is 23.4 Å². The SMILES string of the molecule is COc1cc(-c2nc(NC3CCN(S(=O)(=O)c4cn(C)cn4)CC3)ncc2C(F)(F)F)sc1C. The van der Waals surface area contributed by atoms with Gasteiger partial charge in [-0.2, -0.15) is 17.5 Å². The first-order chi connectivity index (χ1) is 16.0. The minimum absolute atomic E-state index is 0.0150. The van der Waals surface area contributed by atoms with Crippen LogP contribution in [0.4, 0.5) is 19.1 Å². The molecule has 1 aliphatic rings. The van der Waals surface area contributed by atoms with Crippen molar-refractivity contribution in [2.24, 2.45) is 7.05 Å². The summed E-state index contributed by atoms with van der Waals surface area (Å²) in [5.41, 5.74) is -1.16. The molecule has 0 aliphatic carbocycles. The molecule has 184 valence electrons. The second-order valence-electron chi connectivity index (χ2n) is 7.89. The normalized spacial score (nSPS) is 16.1. The van der Waals surface area contributed by atoms with Crippen LogP contribution in [-0.2, 0) is 23.2 Å². The average molecular weight is 517 g/mol. The van der Waals surface area contributed by atoms with E-state index in [-0.39, 0.29) is 35.8 Å². The number of thiophene rings is 1. The van der Waals surface area contributed by atoms with Crippen LogP contribution in [0.3, 0.4) is 0 Å². The Labute approximate surface area is 198 Å². The molecule has 14 heteroatoms. The Morgan fingerprint density at radius 2 is 1.94 bits per heavy atom. The molecule has 0 atom stereocenters. The first-order valence-corrected chi connectivity index (χ1v) is 12.6. The number of halogens is 3. The van der Waals surface area contributed by atoms with Gasteiger partial charge in [0.05, 0.1) is 24.0 Å². The summed E-state index contributed by atoms with van der Waals surface area (Å²) in [6.07, 6.45) is -0.101. The number of hydrogen-bond donors (Lipinski definition) is 1. The summed E-state index contributed by atoms with van der Waals surface area (Å²) in [4.78, 5) is 13.0. The number of hydrogen-bond acceptors (Lipinski definition) is 8. The summed E-state index contributed by atoms with van der Waals surface area (Å²) >= 11 is 1.16. The maximum atomic E-state index is 13.6. The first-order valence-electron chi connectivity index (χ1n) is 10.3. The van der Waals surface area contributed by atoms with Gasteiger partial charge >= 0.3 is 6.18 Å². The van der Waals surface area contributed by atoms with Crippen molar-refractivity contribution >= 4 is 27.3 Å². The number of ether oxygens (including phenoxy) is 1. The zero-order valence-electron chi connectivity index (χ0n) is 18.6. The van der Waals surface area contributed by atoms with Gasteiger partial charge in [-0.3, -0.25) is 0 Å². The van der Waals surface area contributed by atoms with Crippen LogP contribution in [0.15, 0.2) is 29.8 Å². The Bertz CT molecular complexity index is 1280. The van der Waals surface area contributed by atoms with Crippen molar-refractivity contribution in [2.75, 3.05) is 25.5 Å². The maximum Gasteiger partial charge on any atom is 0.420 e. The van der Waals surface area contributed by atoms with E-state index in [2.05, 4.69) is 20.3 Å². The Morgan fingerprint density at radius 3 is 2.50 bits per heavy atom. The fraction of sp³-hybridized carbons (Fsp3) is 0.450. The Morgan fingerprint density at radius 1 is 1.24 bits per heavy atom. The van der Waals surface area contributed by atoms with E-state index >= 15 is 0 Å². The number of anilines is 1. The molecule has 3 aromatic rings. The summed E-state index contributed by atoms with van der Waals surface area (Å²) < 4.78 is 74.4. The van der Waals surface area contributed by atoms with Crippen molar-refractivity contribution < 1.29 is 26.3 Å². The van der Waals surface area contributed by atoms with E-state index in [1.165, 1.54) is 30.0 Å². The van der Waals surface area contributed by atoms with Gasteiger partial charge in [-0.1, -0.05) is 0 Å². The second kappa shape index (κ2) is 9.15. The monoisotopic (exact) mass is 516 g/mol. The number of nitrogens with one attached hydrogen (secondary N) is 1. The molecule has 0 radical (unpaired) electrons. The third-order valence-electron chi connectivity index (χ3n) is 5.49. The van der Waals surface area contributed by atoms with Crippen LogP contribution in [0.5, 0.6) is 5.75 Å². The first kappa shape index (κ1) is 24.4. The lowest BCUT2D eigenvalue weighted by Gasteiger charge is -2.31. The highest BCUT2D eigenvalue weighted by atomic mass is 32.2. The molecule has 34 heavy (non-hydrogen) atoms. The molecule has 0 unspecified atom stereocenters. The fourth-order valence-corrected chi connectivity index (χ4v) is 6.14. The molecular formula is C20H23F3N6O3S2. The van der Waals surface area contributed by atoms with Gasteiger partial charge in [0.1, 0.15) is 11.3 Å². The Balaban J connectivity index is 1.51. The summed E-state index contributed by atoms with van der Waals surface area (Å²) in [5.74, 6) is 0.543. The Hall–Kier alpha value is -2.71. The zero-order chi connectivity index (χ0) is 24.7. The number of nitrogens with zero attached hydrogens (tertiary/aromatic N) is 5. The van der Waals surface area contributed by atoms with Gasteiger partial charge in [0.2, 0.25) is 5.95 Å². The lowest BCUT2D eigenvalue weighted by atomic mass is 10.1. The number of aryl methyl sites for hydroxylation is 2. The van der Waals surface area contributed by atoms with E-state index in [0.29, 0.717) is 23.5 Å². The highest BCUT2D eigenvalue weighted by Gasteiger charge is 2.36. The Kier molecular flexibility index (Phi) is 6.57. The molecule has 4 heterocycles. The van der Waals surface area contributed by atoms with Crippen LogP contribution in [0.1, 0.15) is 23.3 Å². The number of methoxy groups -OCH3 is 1. The average Bonchev–Trinajstić information content (AvgIpc) is 3.39. The van der Waals surface area contributed by atoms with E-state index < -0.39 is 21.8 Å². The lowest BCUT2D eigenvalue weighted by molar-refractivity contribution is -0.137. The number of imidazole rings is 1. The molecule has 0 amide bonds. The van der Waals surface area contributed by atoms with Crippen molar-refractivity contribution in [1.82, 2.24) is 23.8 Å². The van der Waals surface area contributed by atoms with E-state index in [1.54, 1.807) is 18.5 Å². The minimum Gasteiger partial charge on any atom is -0.496 e. The molecule has 3 aromatic heterocycles. The second-order valence-corrected chi connectivity index (χ2v) is 11.0. The van der Waals surface area contributed by atoms with Crippen molar-refractivity contribution in [3.05, 3.63) is 35.2 Å². The van der Waals surface area contributed by atoms with Gasteiger partial charge in [-0.05, 0) is 19.8 Å². The molecule has 1 fully saturated rings. The highest BCUT2D eigenvalue weighted by molar-refractivity contribution is 7.89. The summed E-state index contributed by atoms with van der Waals surface area (Å²) in [5, 5.41) is 3.05. The van der Waals surface area contributed by atoms with Crippen LogP contribution in [0, 0.1) is 6.92 Å². The largest absolute Gasteiger partial charge is 0.496 e. The summed E-state index contributed by atoms with van der Waals surface area (Å²) in [6, 6.07) is 1.34. The number of rotatable bonds is 6. The zero-order valence-corrected chi connectivity index (χ0v) is 20.3. The third-order valence-corrected chi connectivity index (χ3v) is 8.32. The van der Waals surface area contributed by atoms with Crippen LogP contribution >= 0.6 is 11.3 Å². The number of piperidine rings is 1. The molecular weight excluding hydrogens is 493 g/mol. The quantitative estimate of drug-likeness (QED) is 0.535. The van der Waals surface area contributed by atoms with Crippen LogP contribution in [0.2, 0.25) is 0 Å². The smallest absolute Gasteiger partial charge is 0.420 e.